The largest absolute Gasteiger partial charge is 0.465 e. The zero-order valence-corrected chi connectivity index (χ0v) is 23.5. The first-order chi connectivity index (χ1) is 20.3. The summed E-state index contributed by atoms with van der Waals surface area (Å²) >= 11 is 0. The fraction of sp³-hybridized carbons (Fsp3) is 0.156. The maximum atomic E-state index is 14.2. The number of benzene rings is 4. The third kappa shape index (κ3) is 4.84. The number of aromatic nitrogens is 1. The zero-order chi connectivity index (χ0) is 29.4. The molecule has 1 aromatic heterocycles. The number of rotatable bonds is 8. The number of aromatic amines is 1. The number of carbonyl (C=O) groups excluding carboxylic acids is 3. The molecule has 1 saturated heterocycles. The van der Waals surface area contributed by atoms with Crippen LogP contribution < -0.4 is 4.90 Å². The van der Waals surface area contributed by atoms with Gasteiger partial charge in [0, 0.05) is 23.6 Å². The molecule has 42 heavy (non-hydrogen) atoms. The summed E-state index contributed by atoms with van der Waals surface area (Å²) < 4.78 is 34.3. The third-order valence-electron chi connectivity index (χ3n) is 7.62. The summed E-state index contributed by atoms with van der Waals surface area (Å²) in [4.78, 5) is 43.1. The summed E-state index contributed by atoms with van der Waals surface area (Å²) in [6.45, 7) is -0.0180. The fourth-order valence-corrected chi connectivity index (χ4v) is 7.07. The number of carbonyl (C=O) groups is 3. The number of ether oxygens (including phenoxy) is 1. The van der Waals surface area contributed by atoms with E-state index >= 15 is 0 Å². The van der Waals surface area contributed by atoms with Crippen LogP contribution in [0, 0.1) is 0 Å². The van der Waals surface area contributed by atoms with Crippen molar-refractivity contribution in [3.05, 3.63) is 108 Å². The van der Waals surface area contributed by atoms with Crippen molar-refractivity contribution in [3.8, 4) is 0 Å². The predicted molar refractivity (Wildman–Crippen MR) is 159 cm³/mol. The van der Waals surface area contributed by atoms with E-state index in [0.29, 0.717) is 6.42 Å². The van der Waals surface area contributed by atoms with E-state index in [1.807, 2.05) is 54.7 Å². The van der Waals surface area contributed by atoms with Crippen LogP contribution in [0.1, 0.15) is 22.3 Å². The number of hydrogen-bond acceptors (Lipinski definition) is 6. The molecule has 0 bridgehead atoms. The molecule has 6 rings (SSSR count). The minimum absolute atomic E-state index is 0.0180. The number of anilines is 1. The first-order valence-corrected chi connectivity index (χ1v) is 14.8. The molecular formula is C32H27N3O6S. The van der Waals surface area contributed by atoms with Crippen LogP contribution in [0.25, 0.3) is 21.7 Å². The lowest BCUT2D eigenvalue weighted by molar-refractivity contribution is -0.122. The van der Waals surface area contributed by atoms with Crippen LogP contribution in [0.4, 0.5) is 5.69 Å². The normalized spacial score (nSPS) is 15.7. The van der Waals surface area contributed by atoms with Gasteiger partial charge in [0.05, 0.1) is 29.7 Å². The minimum atomic E-state index is -4.20. The molecule has 1 N–H and O–H groups in total. The van der Waals surface area contributed by atoms with E-state index in [-0.39, 0.29) is 29.1 Å². The second-order valence-corrected chi connectivity index (χ2v) is 12.0. The number of para-hydroxylation sites is 1. The molecule has 1 aliphatic rings. The number of methoxy groups -OCH3 is 1. The summed E-state index contributed by atoms with van der Waals surface area (Å²) in [6, 6.07) is 24.6. The van der Waals surface area contributed by atoms with Gasteiger partial charge in [0.1, 0.15) is 6.04 Å². The molecule has 2 amide bonds. The molecule has 9 nitrogen and oxygen atoms in total. The number of esters is 1. The Hall–Kier alpha value is -4.80. The molecular weight excluding hydrogens is 554 g/mol. The molecule has 2 heterocycles. The van der Waals surface area contributed by atoms with Gasteiger partial charge in [-0.1, -0.05) is 48.5 Å². The minimum Gasteiger partial charge on any atom is -0.465 e. The molecule has 10 heteroatoms. The highest BCUT2D eigenvalue weighted by Gasteiger charge is 2.47. The lowest BCUT2D eigenvalue weighted by Gasteiger charge is -2.27. The summed E-state index contributed by atoms with van der Waals surface area (Å²) in [5.74, 6) is -1.72. The molecule has 0 aliphatic carbocycles. The van der Waals surface area contributed by atoms with E-state index in [4.69, 9.17) is 4.74 Å². The molecule has 4 aromatic carbocycles. The van der Waals surface area contributed by atoms with E-state index < -0.39 is 33.8 Å². The predicted octanol–water partition coefficient (Wildman–Crippen LogP) is 4.67. The number of sulfonamides is 1. The van der Waals surface area contributed by atoms with Gasteiger partial charge in [-0.2, -0.15) is 4.31 Å². The van der Waals surface area contributed by atoms with Crippen LogP contribution in [-0.2, 0) is 30.8 Å². The van der Waals surface area contributed by atoms with Crippen LogP contribution in [0.2, 0.25) is 0 Å². The number of fused-ring (bicyclic) bond motifs is 2. The number of hydrogen-bond donors (Lipinski definition) is 1. The number of H-pyrrole nitrogens is 1. The number of nitrogens with zero attached hydrogens (tertiary/aromatic N) is 2. The van der Waals surface area contributed by atoms with E-state index in [1.165, 1.54) is 37.4 Å². The summed E-state index contributed by atoms with van der Waals surface area (Å²) in [7, 11) is -2.94. The Kier molecular flexibility index (Phi) is 7.09. The average molecular weight is 582 g/mol. The Balaban J connectivity index is 1.36. The quantitative estimate of drug-likeness (QED) is 0.210. The van der Waals surface area contributed by atoms with Gasteiger partial charge in [0.2, 0.25) is 15.9 Å². The van der Waals surface area contributed by atoms with Crippen LogP contribution in [0.3, 0.4) is 0 Å². The van der Waals surface area contributed by atoms with Gasteiger partial charge >= 0.3 is 5.97 Å². The third-order valence-corrected chi connectivity index (χ3v) is 9.53. The second kappa shape index (κ2) is 10.9. The van der Waals surface area contributed by atoms with Crippen LogP contribution in [-0.4, -0.2) is 55.2 Å². The van der Waals surface area contributed by atoms with E-state index in [9.17, 15) is 22.8 Å². The SMILES string of the molecule is COC(=O)c1ccc(N2C(=O)CC(N(CCc3c[nH]c4ccccc34)S(=O)(=O)c3ccc4ccccc4c3)C2=O)cc1. The Bertz CT molecular complexity index is 1950. The Morgan fingerprint density at radius 1 is 0.952 bits per heavy atom. The first kappa shape index (κ1) is 27.4. The Morgan fingerprint density at radius 2 is 1.67 bits per heavy atom. The van der Waals surface area contributed by atoms with Gasteiger partial charge in [-0.25, -0.2) is 18.1 Å². The van der Waals surface area contributed by atoms with Crippen LogP contribution in [0.15, 0.2) is 102 Å². The van der Waals surface area contributed by atoms with Gasteiger partial charge in [-0.05, 0) is 65.2 Å². The highest BCUT2D eigenvalue weighted by atomic mass is 32.2. The summed E-state index contributed by atoms with van der Waals surface area (Å²) in [5.41, 5.74) is 2.33. The average Bonchev–Trinajstić information content (AvgIpc) is 3.56. The zero-order valence-electron chi connectivity index (χ0n) is 22.7. The summed E-state index contributed by atoms with van der Waals surface area (Å²) in [5, 5.41) is 2.59. The van der Waals surface area contributed by atoms with E-state index in [1.54, 1.807) is 12.1 Å². The van der Waals surface area contributed by atoms with Crippen molar-refractivity contribution in [2.75, 3.05) is 18.6 Å². The van der Waals surface area contributed by atoms with Gasteiger partial charge in [-0.3, -0.25) is 9.59 Å². The molecule has 1 aliphatic heterocycles. The number of imide groups is 1. The molecule has 212 valence electrons. The maximum Gasteiger partial charge on any atom is 0.337 e. The van der Waals surface area contributed by atoms with Gasteiger partial charge in [0.25, 0.3) is 5.91 Å². The van der Waals surface area contributed by atoms with Crippen molar-refractivity contribution in [1.29, 1.82) is 0 Å². The van der Waals surface area contributed by atoms with Gasteiger partial charge in [-0.15, -0.1) is 0 Å². The lowest BCUT2D eigenvalue weighted by Crippen LogP contribution is -2.46. The molecule has 1 unspecified atom stereocenters. The van der Waals surface area contributed by atoms with Crippen LogP contribution >= 0.6 is 0 Å². The number of amides is 2. The van der Waals surface area contributed by atoms with Crippen molar-refractivity contribution in [1.82, 2.24) is 9.29 Å². The van der Waals surface area contributed by atoms with Crippen LogP contribution in [0.5, 0.6) is 0 Å². The number of nitrogens with one attached hydrogen (secondary N) is 1. The van der Waals surface area contributed by atoms with Crippen molar-refractivity contribution in [2.45, 2.75) is 23.8 Å². The topological polar surface area (TPSA) is 117 Å². The van der Waals surface area contributed by atoms with Crippen molar-refractivity contribution < 1.29 is 27.5 Å². The van der Waals surface area contributed by atoms with E-state index in [0.717, 1.165) is 36.4 Å². The highest BCUT2D eigenvalue weighted by Crippen LogP contribution is 2.31. The van der Waals surface area contributed by atoms with Crippen molar-refractivity contribution in [3.63, 3.8) is 0 Å². The molecule has 0 radical (unpaired) electrons. The maximum absolute atomic E-state index is 14.2. The van der Waals surface area contributed by atoms with Gasteiger partial charge in [0.15, 0.2) is 0 Å². The molecule has 1 atom stereocenters. The highest BCUT2D eigenvalue weighted by molar-refractivity contribution is 7.89. The summed E-state index contributed by atoms with van der Waals surface area (Å²) in [6.07, 6.45) is 1.85. The molecule has 0 spiro atoms. The van der Waals surface area contributed by atoms with Crippen molar-refractivity contribution in [2.24, 2.45) is 0 Å². The monoisotopic (exact) mass is 581 g/mol. The first-order valence-electron chi connectivity index (χ1n) is 13.4. The van der Waals surface area contributed by atoms with E-state index in [2.05, 4.69) is 4.98 Å². The fourth-order valence-electron chi connectivity index (χ4n) is 5.45. The standard InChI is InChI=1S/C32H27N3O6S/c1-41-32(38)22-10-13-25(14-11-22)35-30(36)19-29(31(35)37)34(17-16-24-20-33-28-9-5-4-8-27(24)28)42(39,40)26-15-12-21-6-2-3-7-23(21)18-26/h2-15,18,20,29,33H,16-17,19H2,1H3. The Morgan fingerprint density at radius 3 is 2.43 bits per heavy atom. The lowest BCUT2D eigenvalue weighted by atomic mass is 10.1. The molecule has 1 fully saturated rings. The van der Waals surface area contributed by atoms with Gasteiger partial charge < -0.3 is 9.72 Å². The van der Waals surface area contributed by atoms with Crippen molar-refractivity contribution >= 4 is 55.2 Å². The smallest absolute Gasteiger partial charge is 0.337 e. The molecule has 5 aromatic rings. The second-order valence-electron chi connectivity index (χ2n) is 10.1. The molecule has 0 saturated carbocycles. The Labute approximate surface area is 242 Å².